The molecular formula is C10H13NO3. The van der Waals surface area contributed by atoms with E-state index >= 15 is 0 Å². The van der Waals surface area contributed by atoms with E-state index in [4.69, 9.17) is 18.3 Å². The second-order valence-electron chi connectivity index (χ2n) is 2.91. The lowest BCUT2D eigenvalue weighted by Gasteiger charge is -2.06. The van der Waals surface area contributed by atoms with Gasteiger partial charge < -0.3 is 15.6 Å². The number of benzene rings is 1. The Morgan fingerprint density at radius 3 is 2.79 bits per heavy atom. The van der Waals surface area contributed by atoms with Gasteiger partial charge in [0.1, 0.15) is 11.8 Å². The van der Waals surface area contributed by atoms with Crippen LogP contribution in [-0.4, -0.2) is 24.2 Å². The zero-order valence-electron chi connectivity index (χ0n) is 9.51. The largest absolute Gasteiger partial charge is 0.497 e. The second kappa shape index (κ2) is 4.62. The molecule has 0 aliphatic carbocycles. The van der Waals surface area contributed by atoms with Gasteiger partial charge in [-0.1, -0.05) is 12.1 Å². The van der Waals surface area contributed by atoms with E-state index < -0.39 is 19.1 Å². The Labute approximate surface area is 85.1 Å². The molecule has 0 spiro atoms. The van der Waals surface area contributed by atoms with Gasteiger partial charge in [-0.15, -0.1) is 0 Å². The fourth-order valence-electron chi connectivity index (χ4n) is 1.05. The molecule has 0 heterocycles. The Balaban J connectivity index is 2.61. The van der Waals surface area contributed by atoms with Crippen LogP contribution in [0.15, 0.2) is 24.3 Å². The van der Waals surface area contributed by atoms with Crippen LogP contribution in [0.5, 0.6) is 5.75 Å². The van der Waals surface area contributed by atoms with Crippen LogP contribution in [0.2, 0.25) is 0 Å². The zero-order valence-corrected chi connectivity index (χ0v) is 7.51. The highest BCUT2D eigenvalue weighted by Gasteiger charge is 2.11. The molecule has 0 aliphatic heterocycles. The van der Waals surface area contributed by atoms with E-state index in [1.807, 2.05) is 0 Å². The first-order chi connectivity index (χ1) is 7.49. The number of nitrogens with two attached hydrogens (primary N) is 1. The summed E-state index contributed by atoms with van der Waals surface area (Å²) in [6.45, 7) is 0. The maximum atomic E-state index is 10.5. The molecule has 0 bridgehead atoms. The van der Waals surface area contributed by atoms with E-state index in [9.17, 15) is 4.79 Å². The Morgan fingerprint density at radius 1 is 1.64 bits per heavy atom. The minimum absolute atomic E-state index is 0.237. The average molecular weight is 197 g/mol. The number of carboxylic acids is 1. The number of carbonyl (C=O) groups is 1. The van der Waals surface area contributed by atoms with Crippen LogP contribution in [0.4, 0.5) is 0 Å². The molecule has 0 aromatic heterocycles. The third kappa shape index (κ3) is 2.74. The minimum Gasteiger partial charge on any atom is -0.497 e. The predicted octanol–water partition coefficient (Wildman–Crippen LogP) is 0.650. The molecule has 1 atom stereocenters. The van der Waals surface area contributed by atoms with Crippen molar-refractivity contribution in [3.63, 3.8) is 0 Å². The minimum atomic E-state index is -1.37. The molecule has 0 radical (unpaired) electrons. The maximum Gasteiger partial charge on any atom is 0.320 e. The van der Waals surface area contributed by atoms with Crippen molar-refractivity contribution in [3.05, 3.63) is 29.8 Å². The summed E-state index contributed by atoms with van der Waals surface area (Å²) < 4.78 is 18.6. The molecule has 3 N–H and O–H groups in total. The Morgan fingerprint density at radius 2 is 2.29 bits per heavy atom. The smallest absolute Gasteiger partial charge is 0.320 e. The van der Waals surface area contributed by atoms with Gasteiger partial charge in [-0.25, -0.2) is 0 Å². The van der Waals surface area contributed by atoms with Crippen molar-refractivity contribution in [2.75, 3.05) is 7.06 Å². The van der Waals surface area contributed by atoms with Gasteiger partial charge in [0.2, 0.25) is 0 Å². The first kappa shape index (κ1) is 7.82. The van der Waals surface area contributed by atoms with Crippen LogP contribution < -0.4 is 10.5 Å². The van der Waals surface area contributed by atoms with Crippen LogP contribution in [-0.2, 0) is 11.2 Å². The third-order valence-corrected chi connectivity index (χ3v) is 1.83. The van der Waals surface area contributed by atoms with Crippen molar-refractivity contribution in [2.45, 2.75) is 12.5 Å². The van der Waals surface area contributed by atoms with E-state index in [1.54, 1.807) is 24.3 Å². The number of hydrogen-bond acceptors (Lipinski definition) is 3. The zero-order chi connectivity index (χ0) is 12.1. The molecule has 1 rings (SSSR count). The monoisotopic (exact) mass is 197 g/mol. The lowest BCUT2D eigenvalue weighted by Crippen LogP contribution is -2.32. The van der Waals surface area contributed by atoms with Gasteiger partial charge in [-0.3, -0.25) is 4.79 Å². The molecule has 0 fully saturated rings. The summed E-state index contributed by atoms with van der Waals surface area (Å²) in [4.78, 5) is 10.5. The van der Waals surface area contributed by atoms with Crippen LogP contribution >= 0.6 is 0 Å². The fourth-order valence-corrected chi connectivity index (χ4v) is 1.05. The van der Waals surface area contributed by atoms with Gasteiger partial charge in [0.15, 0.2) is 0 Å². The molecule has 4 heteroatoms. The first-order valence-electron chi connectivity index (χ1n) is 5.23. The summed E-state index contributed by atoms with van der Waals surface area (Å²) in [7, 11) is -1.37. The van der Waals surface area contributed by atoms with Gasteiger partial charge in [-0.2, -0.15) is 0 Å². The van der Waals surface area contributed by atoms with Gasteiger partial charge in [0.05, 0.1) is 9.80 Å². The van der Waals surface area contributed by atoms with Gasteiger partial charge in [0.25, 0.3) is 0 Å². The summed E-state index contributed by atoms with van der Waals surface area (Å²) in [5.41, 5.74) is 6.15. The van der Waals surface area contributed by atoms with Gasteiger partial charge in [-0.05, 0) is 24.1 Å². The Bertz CT molecular complexity index is 354. The van der Waals surface area contributed by atoms with E-state index in [1.165, 1.54) is 0 Å². The molecule has 1 aromatic carbocycles. The maximum absolute atomic E-state index is 10.5. The second-order valence-corrected chi connectivity index (χ2v) is 2.91. The number of carboxylic acid groups (broad SMARTS) is 1. The quantitative estimate of drug-likeness (QED) is 0.743. The Hall–Kier alpha value is -1.55. The van der Waals surface area contributed by atoms with Crippen LogP contribution in [0.3, 0.4) is 0 Å². The lowest BCUT2D eigenvalue weighted by molar-refractivity contribution is -0.138. The molecule has 14 heavy (non-hydrogen) atoms. The third-order valence-electron chi connectivity index (χ3n) is 1.83. The number of aliphatic carboxylic acids is 1. The Kier molecular flexibility index (Phi) is 2.58. The average Bonchev–Trinajstić information content (AvgIpc) is 2.20. The van der Waals surface area contributed by atoms with Crippen molar-refractivity contribution in [1.82, 2.24) is 0 Å². The number of hydrogen-bond donors (Lipinski definition) is 2. The molecule has 0 saturated heterocycles. The molecule has 76 valence electrons. The SMILES string of the molecule is [2H]C([2H])Oc1ccc(C[C@H](N)C(=O)O)cc1. The van der Waals surface area contributed by atoms with Crippen molar-refractivity contribution >= 4 is 5.97 Å². The molecule has 0 saturated carbocycles. The van der Waals surface area contributed by atoms with Gasteiger partial charge in [0, 0.05) is 0 Å². The fraction of sp³-hybridized carbons (Fsp3) is 0.300. The molecule has 0 aliphatic rings. The topological polar surface area (TPSA) is 72.5 Å². The molecular weight excluding hydrogens is 182 g/mol. The molecule has 4 nitrogen and oxygen atoms in total. The highest BCUT2D eigenvalue weighted by Crippen LogP contribution is 2.12. The summed E-state index contributed by atoms with van der Waals surface area (Å²) in [6.07, 6.45) is 0.237. The van der Waals surface area contributed by atoms with E-state index in [-0.39, 0.29) is 6.42 Å². The molecule has 1 aromatic rings. The van der Waals surface area contributed by atoms with Crippen molar-refractivity contribution in [2.24, 2.45) is 5.73 Å². The van der Waals surface area contributed by atoms with Crippen LogP contribution in [0, 0.1) is 0 Å². The van der Waals surface area contributed by atoms with Crippen molar-refractivity contribution < 1.29 is 17.4 Å². The standard InChI is InChI=1S/C10H13NO3/c1-14-8-4-2-7(3-5-8)6-9(11)10(12)13/h2-5,9H,6,11H2,1H3,(H,12,13)/t9-/m0/s1/i1D2. The number of ether oxygens (including phenoxy) is 1. The van der Waals surface area contributed by atoms with Crippen LogP contribution in [0.25, 0.3) is 0 Å². The summed E-state index contributed by atoms with van der Waals surface area (Å²) in [5.74, 6) is -0.639. The summed E-state index contributed by atoms with van der Waals surface area (Å²) in [6, 6.07) is 5.58. The lowest BCUT2D eigenvalue weighted by atomic mass is 10.1. The first-order valence-corrected chi connectivity index (χ1v) is 4.07. The predicted molar refractivity (Wildman–Crippen MR) is 52.3 cm³/mol. The van der Waals surface area contributed by atoms with E-state index in [0.717, 1.165) is 5.56 Å². The van der Waals surface area contributed by atoms with E-state index in [2.05, 4.69) is 0 Å². The molecule has 0 unspecified atom stereocenters. The van der Waals surface area contributed by atoms with Crippen molar-refractivity contribution in [1.29, 1.82) is 0 Å². The number of rotatable bonds is 4. The summed E-state index contributed by atoms with van der Waals surface area (Å²) in [5, 5.41) is 8.62. The normalized spacial score (nSPS) is 14.4. The van der Waals surface area contributed by atoms with Crippen LogP contribution in [0.1, 0.15) is 8.30 Å². The highest BCUT2D eigenvalue weighted by atomic mass is 16.5. The van der Waals surface area contributed by atoms with E-state index in [0.29, 0.717) is 5.75 Å². The van der Waals surface area contributed by atoms with Crippen molar-refractivity contribution in [3.8, 4) is 5.75 Å². The molecule has 0 amide bonds. The number of methoxy groups -OCH3 is 1. The van der Waals surface area contributed by atoms with Gasteiger partial charge >= 0.3 is 5.97 Å². The highest BCUT2D eigenvalue weighted by molar-refractivity contribution is 5.73. The summed E-state index contributed by atoms with van der Waals surface area (Å²) >= 11 is 0.